The second kappa shape index (κ2) is 6.55. The Labute approximate surface area is 138 Å². The molecule has 1 aliphatic rings. The third-order valence-electron chi connectivity index (χ3n) is 4.09. The molecule has 2 rings (SSSR count). The summed E-state index contributed by atoms with van der Waals surface area (Å²) < 4.78 is 16.6. The summed E-state index contributed by atoms with van der Waals surface area (Å²) in [4.78, 5) is 0. The Balaban J connectivity index is 1.79. The molecule has 2 N–H and O–H groups in total. The van der Waals surface area contributed by atoms with Gasteiger partial charge >= 0.3 is 0 Å². The molecular weight excluding hydrogens is 296 g/mol. The summed E-state index contributed by atoms with van der Waals surface area (Å²) >= 11 is 0. The summed E-state index contributed by atoms with van der Waals surface area (Å²) in [6.45, 7) is 12.6. The van der Waals surface area contributed by atoms with Crippen molar-refractivity contribution in [2.45, 2.75) is 72.6 Å². The van der Waals surface area contributed by atoms with Crippen LogP contribution >= 0.6 is 0 Å². The fourth-order valence-electron chi connectivity index (χ4n) is 2.58. The van der Waals surface area contributed by atoms with E-state index in [1.165, 1.54) is 0 Å². The summed E-state index contributed by atoms with van der Waals surface area (Å²) in [5, 5.41) is 20.2. The maximum Gasteiger partial charge on any atom is 0.214 e. The molecule has 1 aromatic heterocycles. The minimum absolute atomic E-state index is 0.141. The first-order chi connectivity index (χ1) is 10.5. The van der Waals surface area contributed by atoms with Crippen LogP contribution in [0.1, 0.15) is 71.9 Å². The van der Waals surface area contributed by atoms with E-state index < -0.39 is 12.4 Å². The van der Waals surface area contributed by atoms with Gasteiger partial charge in [-0.15, -0.1) is 0 Å². The maximum atomic E-state index is 10.2. The van der Waals surface area contributed by atoms with Gasteiger partial charge in [0.1, 0.15) is 11.9 Å². The lowest BCUT2D eigenvalue weighted by molar-refractivity contribution is -0.117. The lowest BCUT2D eigenvalue weighted by atomic mass is 9.88. The molecule has 3 unspecified atom stereocenters. The summed E-state index contributed by atoms with van der Waals surface area (Å²) in [5.41, 5.74) is -0.186. The van der Waals surface area contributed by atoms with Crippen LogP contribution in [0.15, 0.2) is 16.5 Å². The molecule has 23 heavy (non-hydrogen) atoms. The van der Waals surface area contributed by atoms with Crippen molar-refractivity contribution in [1.29, 1.82) is 0 Å². The number of epoxide rings is 1. The molecule has 2 heterocycles. The predicted molar refractivity (Wildman–Crippen MR) is 86.8 cm³/mol. The topological polar surface area (TPSA) is 75.4 Å². The van der Waals surface area contributed by atoms with E-state index >= 15 is 0 Å². The van der Waals surface area contributed by atoms with E-state index in [4.69, 9.17) is 13.9 Å². The van der Waals surface area contributed by atoms with Crippen molar-refractivity contribution >= 4 is 0 Å². The zero-order valence-corrected chi connectivity index (χ0v) is 15.0. The number of hydrogen-bond donors (Lipinski definition) is 2. The van der Waals surface area contributed by atoms with E-state index in [1.54, 1.807) is 12.1 Å². The molecule has 0 amide bonds. The van der Waals surface area contributed by atoms with Crippen LogP contribution < -0.4 is 0 Å². The number of rotatable bonds is 6. The van der Waals surface area contributed by atoms with Crippen molar-refractivity contribution in [3.8, 4) is 0 Å². The standard InChI is InChI=1S/C18H30O5/c1-17(2,3)14(19)11-7-8-13(22-11)16(20)21-10-9-12-15(23-12)18(4,5)6/h7-8,12,14-16,19-20H,9-10H2,1-6H3/t12?,14?,15-,16?/m1/s1. The van der Waals surface area contributed by atoms with Crippen LogP contribution in [0, 0.1) is 10.8 Å². The SMILES string of the molecule is CC(C)(C)C(O)c1ccc(C(O)OCCC2O[C@H]2C(C)(C)C)o1. The molecule has 132 valence electrons. The largest absolute Gasteiger partial charge is 0.458 e. The average Bonchev–Trinajstić information content (AvgIpc) is 3.04. The molecule has 0 spiro atoms. The molecule has 1 aromatic rings. The molecule has 0 aliphatic carbocycles. The zero-order valence-electron chi connectivity index (χ0n) is 15.0. The average molecular weight is 326 g/mol. The van der Waals surface area contributed by atoms with E-state index in [-0.39, 0.29) is 23.0 Å². The highest BCUT2D eigenvalue weighted by molar-refractivity contribution is 5.11. The normalized spacial score (nSPS) is 24.5. The van der Waals surface area contributed by atoms with Gasteiger partial charge in [-0.1, -0.05) is 41.5 Å². The molecule has 4 atom stereocenters. The van der Waals surface area contributed by atoms with Crippen LogP contribution in [-0.2, 0) is 9.47 Å². The third kappa shape index (κ3) is 4.80. The Kier molecular flexibility index (Phi) is 5.26. The number of hydrogen-bond acceptors (Lipinski definition) is 5. The van der Waals surface area contributed by atoms with Gasteiger partial charge in [-0.2, -0.15) is 0 Å². The van der Waals surface area contributed by atoms with Gasteiger partial charge in [0.15, 0.2) is 5.76 Å². The summed E-state index contributed by atoms with van der Waals surface area (Å²) in [5.74, 6) is 0.751. The maximum absolute atomic E-state index is 10.2. The van der Waals surface area contributed by atoms with Crippen molar-refractivity contribution in [3.63, 3.8) is 0 Å². The van der Waals surface area contributed by atoms with Gasteiger partial charge in [0.25, 0.3) is 0 Å². The highest BCUT2D eigenvalue weighted by Crippen LogP contribution is 2.40. The van der Waals surface area contributed by atoms with E-state index in [0.29, 0.717) is 18.1 Å². The van der Waals surface area contributed by atoms with Crippen LogP contribution in [0.4, 0.5) is 0 Å². The van der Waals surface area contributed by atoms with E-state index in [1.807, 2.05) is 20.8 Å². The van der Waals surface area contributed by atoms with E-state index in [9.17, 15) is 10.2 Å². The number of furan rings is 1. The zero-order chi connectivity index (χ0) is 17.4. The molecular formula is C18H30O5. The van der Waals surface area contributed by atoms with Crippen LogP contribution in [0.2, 0.25) is 0 Å². The van der Waals surface area contributed by atoms with Crippen molar-refractivity contribution in [3.05, 3.63) is 23.7 Å². The number of aliphatic hydroxyl groups is 2. The van der Waals surface area contributed by atoms with Crippen LogP contribution in [0.3, 0.4) is 0 Å². The Morgan fingerprint density at radius 2 is 1.70 bits per heavy atom. The summed E-state index contributed by atoms with van der Waals surface area (Å²) in [6.07, 6.45) is -0.631. The van der Waals surface area contributed by atoms with E-state index in [2.05, 4.69) is 20.8 Å². The molecule has 5 nitrogen and oxygen atoms in total. The quantitative estimate of drug-likeness (QED) is 0.617. The second-order valence-electron chi connectivity index (χ2n) is 8.48. The highest BCUT2D eigenvalue weighted by atomic mass is 16.6. The lowest BCUT2D eigenvalue weighted by Crippen LogP contribution is -2.17. The molecule has 1 saturated heterocycles. The number of ether oxygens (including phenoxy) is 2. The molecule has 1 aliphatic heterocycles. The second-order valence-corrected chi connectivity index (χ2v) is 8.48. The summed E-state index contributed by atoms with van der Waals surface area (Å²) in [7, 11) is 0. The van der Waals surface area contributed by atoms with Crippen molar-refractivity contribution in [1.82, 2.24) is 0 Å². The van der Waals surface area contributed by atoms with Crippen LogP contribution in [0.5, 0.6) is 0 Å². The molecule has 0 radical (unpaired) electrons. The molecule has 5 heteroatoms. The summed E-state index contributed by atoms with van der Waals surface area (Å²) in [6, 6.07) is 3.32. The Morgan fingerprint density at radius 3 is 2.22 bits per heavy atom. The predicted octanol–water partition coefficient (Wildman–Crippen LogP) is 3.57. The molecule has 0 saturated carbocycles. The molecule has 0 bridgehead atoms. The van der Waals surface area contributed by atoms with Gasteiger partial charge in [0.05, 0.1) is 18.8 Å². The molecule has 1 fully saturated rings. The first kappa shape index (κ1) is 18.5. The van der Waals surface area contributed by atoms with Crippen LogP contribution in [0.25, 0.3) is 0 Å². The minimum Gasteiger partial charge on any atom is -0.458 e. The monoisotopic (exact) mass is 326 g/mol. The minimum atomic E-state index is -1.12. The first-order valence-corrected chi connectivity index (χ1v) is 8.23. The lowest BCUT2D eigenvalue weighted by Gasteiger charge is -2.23. The van der Waals surface area contributed by atoms with Gasteiger partial charge in [0.2, 0.25) is 6.29 Å². The third-order valence-corrected chi connectivity index (χ3v) is 4.09. The fourth-order valence-corrected chi connectivity index (χ4v) is 2.58. The smallest absolute Gasteiger partial charge is 0.214 e. The van der Waals surface area contributed by atoms with Crippen molar-refractivity contribution in [2.75, 3.05) is 6.61 Å². The Bertz CT molecular complexity index is 508. The van der Waals surface area contributed by atoms with Gasteiger partial charge < -0.3 is 24.1 Å². The number of aliphatic hydroxyl groups excluding tert-OH is 2. The fraction of sp³-hybridized carbons (Fsp3) is 0.778. The Morgan fingerprint density at radius 1 is 1.09 bits per heavy atom. The van der Waals surface area contributed by atoms with Gasteiger partial charge in [-0.25, -0.2) is 0 Å². The van der Waals surface area contributed by atoms with Crippen LogP contribution in [-0.4, -0.2) is 29.0 Å². The van der Waals surface area contributed by atoms with Gasteiger partial charge in [-0.05, 0) is 29.4 Å². The first-order valence-electron chi connectivity index (χ1n) is 8.23. The molecule has 0 aromatic carbocycles. The highest BCUT2D eigenvalue weighted by Gasteiger charge is 2.46. The Hall–Kier alpha value is -0.880. The van der Waals surface area contributed by atoms with Crippen molar-refractivity contribution in [2.24, 2.45) is 10.8 Å². The van der Waals surface area contributed by atoms with Crippen molar-refractivity contribution < 1.29 is 24.1 Å². The van der Waals surface area contributed by atoms with E-state index in [0.717, 1.165) is 6.42 Å². The van der Waals surface area contributed by atoms with Gasteiger partial charge in [0, 0.05) is 0 Å². The van der Waals surface area contributed by atoms with Gasteiger partial charge in [-0.3, -0.25) is 0 Å².